The zero-order valence-electron chi connectivity index (χ0n) is 20.1. The largest absolute Gasteiger partial charge is 0.367 e. The molecule has 1 saturated heterocycles. The van der Waals surface area contributed by atoms with Gasteiger partial charge in [0.15, 0.2) is 5.16 Å². The molecule has 1 unspecified atom stereocenters. The van der Waals surface area contributed by atoms with Gasteiger partial charge >= 0.3 is 0 Å². The fraction of sp³-hybridized carbons (Fsp3) is 0.440. The SMILES string of the molecule is Cn1c(S(C)=O)nc(-c2ccc(F)cc2)c1-c1ccnc(NC2CC(C)(C)NC(C)(C)C2)c1. The van der Waals surface area contributed by atoms with E-state index in [4.69, 9.17) is 0 Å². The smallest absolute Gasteiger partial charge is 0.199 e. The van der Waals surface area contributed by atoms with Crippen molar-refractivity contribution < 1.29 is 8.60 Å². The number of piperidine rings is 1. The molecule has 1 aromatic carbocycles. The lowest BCUT2D eigenvalue weighted by Crippen LogP contribution is -2.60. The highest BCUT2D eigenvalue weighted by molar-refractivity contribution is 7.84. The number of hydrogen-bond acceptors (Lipinski definition) is 5. The van der Waals surface area contributed by atoms with Crippen LogP contribution >= 0.6 is 0 Å². The Kier molecular flexibility index (Phi) is 6.18. The fourth-order valence-corrected chi connectivity index (χ4v) is 5.86. The second kappa shape index (κ2) is 8.65. The maximum atomic E-state index is 13.5. The van der Waals surface area contributed by atoms with Crippen molar-refractivity contribution in [1.29, 1.82) is 0 Å². The van der Waals surface area contributed by atoms with E-state index in [9.17, 15) is 8.60 Å². The highest BCUT2D eigenvalue weighted by Gasteiger charge is 2.37. The Labute approximate surface area is 197 Å². The van der Waals surface area contributed by atoms with Crippen molar-refractivity contribution in [3.8, 4) is 22.5 Å². The second-order valence-electron chi connectivity index (χ2n) is 10.2. The van der Waals surface area contributed by atoms with E-state index in [1.165, 1.54) is 12.1 Å². The lowest BCUT2D eigenvalue weighted by Gasteiger charge is -2.46. The summed E-state index contributed by atoms with van der Waals surface area (Å²) in [5.41, 5.74) is 3.22. The molecular formula is C25H32FN5OS. The number of anilines is 1. The van der Waals surface area contributed by atoms with Crippen LogP contribution in [0.1, 0.15) is 40.5 Å². The first kappa shape index (κ1) is 23.6. The van der Waals surface area contributed by atoms with Crippen LogP contribution in [0.2, 0.25) is 0 Å². The number of aromatic nitrogens is 3. The third-order valence-electron chi connectivity index (χ3n) is 6.00. The molecule has 6 nitrogen and oxygen atoms in total. The van der Waals surface area contributed by atoms with Gasteiger partial charge in [0.05, 0.1) is 22.2 Å². The number of pyridine rings is 1. The highest BCUT2D eigenvalue weighted by atomic mass is 32.2. The Morgan fingerprint density at radius 1 is 1.09 bits per heavy atom. The van der Waals surface area contributed by atoms with Gasteiger partial charge in [-0.15, -0.1) is 0 Å². The quantitative estimate of drug-likeness (QED) is 0.564. The van der Waals surface area contributed by atoms with Crippen LogP contribution < -0.4 is 10.6 Å². The van der Waals surface area contributed by atoms with Crippen molar-refractivity contribution in [3.63, 3.8) is 0 Å². The van der Waals surface area contributed by atoms with Crippen molar-refractivity contribution in [3.05, 3.63) is 48.4 Å². The van der Waals surface area contributed by atoms with Crippen LogP contribution in [-0.4, -0.2) is 42.1 Å². The molecule has 1 aliphatic heterocycles. The molecule has 33 heavy (non-hydrogen) atoms. The van der Waals surface area contributed by atoms with E-state index in [-0.39, 0.29) is 22.9 Å². The van der Waals surface area contributed by atoms with Crippen LogP contribution in [0.15, 0.2) is 47.8 Å². The van der Waals surface area contributed by atoms with Gasteiger partial charge < -0.3 is 15.2 Å². The molecule has 0 amide bonds. The third-order valence-corrected chi connectivity index (χ3v) is 6.88. The van der Waals surface area contributed by atoms with Crippen molar-refractivity contribution >= 4 is 16.6 Å². The van der Waals surface area contributed by atoms with Crippen LogP contribution in [0, 0.1) is 5.82 Å². The molecule has 1 atom stereocenters. The van der Waals surface area contributed by atoms with Gasteiger partial charge in [-0.3, -0.25) is 4.21 Å². The van der Waals surface area contributed by atoms with Gasteiger partial charge in [-0.25, -0.2) is 14.4 Å². The van der Waals surface area contributed by atoms with E-state index < -0.39 is 10.8 Å². The van der Waals surface area contributed by atoms with Gasteiger partial charge in [-0.05, 0) is 76.9 Å². The van der Waals surface area contributed by atoms with Crippen molar-refractivity contribution in [2.24, 2.45) is 7.05 Å². The van der Waals surface area contributed by atoms with Crippen LogP contribution in [0.25, 0.3) is 22.5 Å². The van der Waals surface area contributed by atoms with Crippen molar-refractivity contribution in [2.45, 2.75) is 62.8 Å². The van der Waals surface area contributed by atoms with Crippen LogP contribution in [0.3, 0.4) is 0 Å². The standard InChI is InChI=1S/C25H32FN5OS/c1-24(2)14-19(15-25(3,4)30-24)28-20-13-17(11-12-27-20)22-21(16-7-9-18(26)10-8-16)29-23(31(22)5)33(6)32/h7-13,19,30H,14-15H2,1-6H3,(H,27,28). The molecule has 0 spiro atoms. The summed E-state index contributed by atoms with van der Waals surface area (Å²) in [6.45, 7) is 8.90. The van der Waals surface area contributed by atoms with Crippen LogP contribution in [-0.2, 0) is 17.8 Å². The molecule has 4 rings (SSSR count). The highest BCUT2D eigenvalue weighted by Crippen LogP contribution is 2.35. The van der Waals surface area contributed by atoms with E-state index in [0.717, 1.165) is 35.5 Å². The Bertz CT molecular complexity index is 1170. The minimum absolute atomic E-state index is 0.0227. The number of nitrogens with zero attached hydrogens (tertiary/aromatic N) is 3. The maximum absolute atomic E-state index is 13.5. The summed E-state index contributed by atoms with van der Waals surface area (Å²) < 4.78 is 27.7. The third kappa shape index (κ3) is 5.17. The molecule has 3 heterocycles. The van der Waals surface area contributed by atoms with E-state index in [0.29, 0.717) is 10.9 Å². The van der Waals surface area contributed by atoms with Gasteiger partial charge in [0.1, 0.15) is 11.6 Å². The number of hydrogen-bond donors (Lipinski definition) is 2. The number of rotatable bonds is 5. The van der Waals surface area contributed by atoms with Crippen molar-refractivity contribution in [2.75, 3.05) is 11.6 Å². The Morgan fingerprint density at radius 3 is 2.33 bits per heavy atom. The summed E-state index contributed by atoms with van der Waals surface area (Å²) >= 11 is 0. The minimum atomic E-state index is -1.27. The van der Waals surface area contributed by atoms with Gasteiger partial charge in [0, 0.05) is 47.7 Å². The molecule has 3 aromatic rings. The van der Waals surface area contributed by atoms with Gasteiger partial charge in [0.25, 0.3) is 0 Å². The topological polar surface area (TPSA) is 71.8 Å². The number of imidazole rings is 1. The first-order chi connectivity index (χ1) is 15.4. The summed E-state index contributed by atoms with van der Waals surface area (Å²) in [7, 11) is 0.588. The lowest BCUT2D eigenvalue weighted by atomic mass is 9.79. The summed E-state index contributed by atoms with van der Waals surface area (Å²) in [5.74, 6) is 0.482. The van der Waals surface area contributed by atoms with E-state index in [2.05, 4.69) is 48.3 Å². The number of halogens is 1. The Balaban J connectivity index is 1.72. The summed E-state index contributed by atoms with van der Waals surface area (Å²) in [4.78, 5) is 9.23. The normalized spacial score (nSPS) is 18.8. The zero-order valence-corrected chi connectivity index (χ0v) is 20.9. The molecule has 1 fully saturated rings. The number of nitrogens with one attached hydrogen (secondary N) is 2. The monoisotopic (exact) mass is 469 g/mol. The van der Waals surface area contributed by atoms with E-state index in [1.807, 2.05) is 23.7 Å². The average molecular weight is 470 g/mol. The van der Waals surface area contributed by atoms with Crippen LogP contribution in [0.4, 0.5) is 10.2 Å². The molecule has 176 valence electrons. The van der Waals surface area contributed by atoms with Gasteiger partial charge in [0.2, 0.25) is 0 Å². The Hall–Kier alpha value is -2.58. The molecule has 0 aliphatic carbocycles. The molecule has 8 heteroatoms. The molecule has 0 bridgehead atoms. The van der Waals surface area contributed by atoms with E-state index in [1.54, 1.807) is 24.6 Å². The molecular weight excluding hydrogens is 437 g/mol. The van der Waals surface area contributed by atoms with Crippen LogP contribution in [0.5, 0.6) is 0 Å². The molecule has 0 radical (unpaired) electrons. The van der Waals surface area contributed by atoms with E-state index >= 15 is 0 Å². The molecule has 2 N–H and O–H groups in total. The van der Waals surface area contributed by atoms with Gasteiger partial charge in [-0.2, -0.15) is 0 Å². The molecule has 0 saturated carbocycles. The minimum Gasteiger partial charge on any atom is -0.367 e. The second-order valence-corrected chi connectivity index (χ2v) is 11.5. The predicted octanol–water partition coefficient (Wildman–Crippen LogP) is 4.75. The predicted molar refractivity (Wildman–Crippen MR) is 132 cm³/mol. The van der Waals surface area contributed by atoms with Gasteiger partial charge in [-0.1, -0.05) is 0 Å². The first-order valence-corrected chi connectivity index (χ1v) is 12.7. The summed E-state index contributed by atoms with van der Waals surface area (Å²) in [6, 6.07) is 10.4. The summed E-state index contributed by atoms with van der Waals surface area (Å²) in [5, 5.41) is 7.81. The lowest BCUT2D eigenvalue weighted by molar-refractivity contribution is 0.170. The average Bonchev–Trinajstić information content (AvgIpc) is 3.03. The number of benzene rings is 1. The van der Waals surface area contributed by atoms with Crippen molar-refractivity contribution in [1.82, 2.24) is 19.9 Å². The molecule has 2 aromatic heterocycles. The maximum Gasteiger partial charge on any atom is 0.199 e. The Morgan fingerprint density at radius 2 is 1.73 bits per heavy atom. The zero-order chi connectivity index (χ0) is 24.0. The summed E-state index contributed by atoms with van der Waals surface area (Å²) in [6.07, 6.45) is 5.35. The fourth-order valence-electron chi connectivity index (χ4n) is 5.16. The molecule has 1 aliphatic rings. The first-order valence-electron chi connectivity index (χ1n) is 11.1.